The predicted octanol–water partition coefficient (Wildman–Crippen LogP) is 9.00. The maximum absolute atomic E-state index is 9.34. The molecule has 0 radical (unpaired) electrons. The average Bonchev–Trinajstić information content (AvgIpc) is 3.86. The Kier molecular flexibility index (Phi) is 12.6. The second kappa shape index (κ2) is 17.7. The second-order valence-electron chi connectivity index (χ2n) is 13.0. The lowest BCUT2D eigenvalue weighted by Crippen LogP contribution is -2.22. The number of likely N-dealkylation sites (tertiary alicyclic amines) is 1. The minimum atomic E-state index is 0.245. The Morgan fingerprint density at radius 3 is 2.45 bits per heavy atom. The molecule has 0 bridgehead atoms. The summed E-state index contributed by atoms with van der Waals surface area (Å²) in [6, 6.07) is 20.3. The fraction of sp³-hybridized carbons (Fsp3) is 0.341. The van der Waals surface area contributed by atoms with E-state index >= 15 is 0 Å². The molecule has 1 saturated heterocycles. The molecule has 5 aromatic rings. The Morgan fingerprint density at radius 1 is 0.882 bits per heavy atom. The highest BCUT2D eigenvalue weighted by Gasteiger charge is 2.17. The summed E-state index contributed by atoms with van der Waals surface area (Å²) in [6.07, 6.45) is 8.71. The van der Waals surface area contributed by atoms with Crippen molar-refractivity contribution >= 4 is 22.9 Å². The molecule has 0 atom stereocenters. The van der Waals surface area contributed by atoms with Gasteiger partial charge in [0.15, 0.2) is 0 Å². The minimum absolute atomic E-state index is 0.245. The fourth-order valence-electron chi connectivity index (χ4n) is 6.47. The summed E-state index contributed by atoms with van der Waals surface area (Å²) in [5.74, 6) is 2.12. The number of aromatic nitrogens is 2. The first-order chi connectivity index (χ1) is 24.9. The van der Waals surface area contributed by atoms with Gasteiger partial charge in [0.2, 0.25) is 0 Å². The molecule has 10 heteroatoms. The van der Waals surface area contributed by atoms with Gasteiger partial charge in [0, 0.05) is 54.3 Å². The van der Waals surface area contributed by atoms with Gasteiger partial charge in [-0.3, -0.25) is 9.88 Å². The lowest BCUT2D eigenvalue weighted by atomic mass is 9.93. The molecule has 3 heterocycles. The van der Waals surface area contributed by atoms with Crippen molar-refractivity contribution in [3.8, 4) is 34.4 Å². The zero-order chi connectivity index (χ0) is 35.6. The topological polar surface area (TPSA) is 83.7 Å². The van der Waals surface area contributed by atoms with Crippen LogP contribution in [-0.2, 0) is 26.3 Å². The van der Waals surface area contributed by atoms with Crippen LogP contribution in [0.3, 0.4) is 0 Å². The summed E-state index contributed by atoms with van der Waals surface area (Å²) in [6.45, 7) is 10.4. The molecule has 6 rings (SSSR count). The van der Waals surface area contributed by atoms with Gasteiger partial charge in [0.1, 0.15) is 41.5 Å². The summed E-state index contributed by atoms with van der Waals surface area (Å²) in [5, 5.41) is 12.9. The Labute approximate surface area is 310 Å². The number of halogens is 1. The van der Waals surface area contributed by atoms with E-state index in [1.165, 1.54) is 32.1 Å². The lowest BCUT2D eigenvalue weighted by Gasteiger charge is -2.20. The molecular formula is C41H44ClN5O3S. The predicted molar refractivity (Wildman–Crippen MR) is 203 cm³/mol. The van der Waals surface area contributed by atoms with E-state index in [-0.39, 0.29) is 6.61 Å². The first kappa shape index (κ1) is 36.3. The van der Waals surface area contributed by atoms with Gasteiger partial charge in [-0.15, -0.1) is 11.3 Å². The van der Waals surface area contributed by atoms with Gasteiger partial charge in [-0.1, -0.05) is 41.9 Å². The molecule has 264 valence electrons. The summed E-state index contributed by atoms with van der Waals surface area (Å²) >= 11 is 8.50. The second-order valence-corrected chi connectivity index (χ2v) is 14.4. The third kappa shape index (κ3) is 9.66. The maximum Gasteiger partial charge on any atom is 0.142 e. The summed E-state index contributed by atoms with van der Waals surface area (Å²) in [7, 11) is 2.04. The Balaban J connectivity index is 1.17. The van der Waals surface area contributed by atoms with Gasteiger partial charge < -0.3 is 19.1 Å². The molecule has 0 aliphatic carbocycles. The molecule has 51 heavy (non-hydrogen) atoms. The van der Waals surface area contributed by atoms with Gasteiger partial charge in [-0.25, -0.2) is 4.98 Å². The van der Waals surface area contributed by atoms with Gasteiger partial charge in [-0.05, 0) is 99.3 Å². The van der Waals surface area contributed by atoms with Gasteiger partial charge in [0.25, 0.3) is 0 Å². The van der Waals surface area contributed by atoms with Crippen LogP contribution in [0.25, 0.3) is 11.1 Å². The lowest BCUT2D eigenvalue weighted by molar-refractivity contribution is 0.262. The van der Waals surface area contributed by atoms with Crippen molar-refractivity contribution in [1.29, 1.82) is 5.26 Å². The van der Waals surface area contributed by atoms with Crippen LogP contribution >= 0.6 is 22.9 Å². The van der Waals surface area contributed by atoms with Crippen molar-refractivity contribution < 1.29 is 14.2 Å². The number of nitrogens with zero attached hydrogens (tertiary/aromatic N) is 5. The van der Waals surface area contributed by atoms with Crippen molar-refractivity contribution in [1.82, 2.24) is 19.8 Å². The van der Waals surface area contributed by atoms with E-state index in [0.29, 0.717) is 48.4 Å². The van der Waals surface area contributed by atoms with Crippen molar-refractivity contribution in [2.24, 2.45) is 0 Å². The van der Waals surface area contributed by atoms with Crippen molar-refractivity contribution in [3.63, 3.8) is 0 Å². The van der Waals surface area contributed by atoms with Crippen LogP contribution in [0.15, 0.2) is 78.6 Å². The monoisotopic (exact) mass is 721 g/mol. The van der Waals surface area contributed by atoms with E-state index in [9.17, 15) is 5.26 Å². The highest BCUT2D eigenvalue weighted by atomic mass is 35.5. The van der Waals surface area contributed by atoms with Crippen molar-refractivity contribution in [3.05, 3.63) is 122 Å². The number of ether oxygens (including phenoxy) is 3. The van der Waals surface area contributed by atoms with Crippen LogP contribution in [0.2, 0.25) is 5.02 Å². The average molecular weight is 722 g/mol. The summed E-state index contributed by atoms with van der Waals surface area (Å²) in [4.78, 5) is 13.3. The van der Waals surface area contributed by atoms with Crippen LogP contribution in [0.1, 0.15) is 57.7 Å². The van der Waals surface area contributed by atoms with E-state index in [0.717, 1.165) is 62.7 Å². The van der Waals surface area contributed by atoms with Crippen LogP contribution < -0.4 is 14.2 Å². The summed E-state index contributed by atoms with van der Waals surface area (Å²) < 4.78 is 19.0. The molecule has 1 fully saturated rings. The normalized spacial score (nSPS) is 13.0. The first-order valence-corrected chi connectivity index (χ1v) is 18.7. The fourth-order valence-corrected chi connectivity index (χ4v) is 7.40. The molecule has 3 aromatic carbocycles. The molecule has 0 unspecified atom stereocenters. The van der Waals surface area contributed by atoms with Gasteiger partial charge in [0.05, 0.1) is 23.7 Å². The van der Waals surface area contributed by atoms with Crippen LogP contribution in [0.5, 0.6) is 17.2 Å². The molecule has 1 aliphatic rings. The molecule has 0 saturated carbocycles. The van der Waals surface area contributed by atoms with E-state index in [1.807, 2.05) is 30.8 Å². The number of hydrogen-bond donors (Lipinski definition) is 0. The Bertz CT molecular complexity index is 1960. The van der Waals surface area contributed by atoms with Gasteiger partial charge >= 0.3 is 0 Å². The highest BCUT2D eigenvalue weighted by Crippen LogP contribution is 2.37. The van der Waals surface area contributed by atoms with Gasteiger partial charge in [-0.2, -0.15) is 5.26 Å². The van der Waals surface area contributed by atoms with E-state index < -0.39 is 0 Å². The molecule has 1 aliphatic heterocycles. The number of pyridine rings is 1. The largest absolute Gasteiger partial charge is 0.493 e. The summed E-state index contributed by atoms with van der Waals surface area (Å²) in [5.41, 5.74) is 7.85. The molecule has 0 amide bonds. The molecule has 2 aromatic heterocycles. The highest BCUT2D eigenvalue weighted by molar-refractivity contribution is 7.09. The molecular weight excluding hydrogens is 678 g/mol. The Hall–Kier alpha value is -4.46. The molecule has 0 N–H and O–H groups in total. The number of benzene rings is 3. The first-order valence-electron chi connectivity index (χ1n) is 17.4. The van der Waals surface area contributed by atoms with Crippen LogP contribution in [-0.4, -0.2) is 53.1 Å². The quantitative estimate of drug-likeness (QED) is 0.0934. The van der Waals surface area contributed by atoms with E-state index in [2.05, 4.69) is 76.1 Å². The number of hydrogen-bond acceptors (Lipinski definition) is 9. The van der Waals surface area contributed by atoms with Crippen LogP contribution in [0, 0.1) is 25.2 Å². The number of nitriles is 1. The van der Waals surface area contributed by atoms with Crippen molar-refractivity contribution in [2.75, 3.05) is 33.3 Å². The minimum Gasteiger partial charge on any atom is -0.493 e. The zero-order valence-electron chi connectivity index (χ0n) is 29.5. The SMILES string of the molecule is Cc1c(COc2cc(OCc3cncc(C#N)c3)c(CN(C)Cc3nccs3)cc2Cl)cccc1-c1cccc(OCCCN2CCCC2)c1C. The smallest absolute Gasteiger partial charge is 0.142 e. The third-order valence-corrected chi connectivity index (χ3v) is 10.3. The third-order valence-electron chi connectivity index (χ3n) is 9.24. The van der Waals surface area contributed by atoms with Crippen molar-refractivity contribution in [2.45, 2.75) is 59.4 Å². The molecule has 0 spiro atoms. The van der Waals surface area contributed by atoms with Crippen LogP contribution in [0.4, 0.5) is 0 Å². The van der Waals surface area contributed by atoms with E-state index in [1.54, 1.807) is 23.6 Å². The standard InChI is InChI=1S/C41H44ClN5O3S/c1-29-33(9-6-10-35(29)36-11-7-12-38(30(36)2)48-17-8-16-47-14-4-5-15-47)28-50-40-21-39(49-27-32-19-31(22-43)23-44-24-32)34(20-37(40)42)25-46(3)26-41-45-13-18-51-41/h6-7,9-13,18-21,23-24H,4-5,8,14-17,25-28H2,1-3H3. The maximum atomic E-state index is 9.34. The van der Waals surface area contributed by atoms with E-state index in [4.69, 9.17) is 25.8 Å². The molecule has 8 nitrogen and oxygen atoms in total. The number of thiazole rings is 1. The Morgan fingerprint density at radius 2 is 1.67 bits per heavy atom. The zero-order valence-corrected chi connectivity index (χ0v) is 31.1. The number of rotatable bonds is 16.